The maximum atomic E-state index is 12.6. The number of nitrogens with one attached hydrogen (secondary N) is 2. The SMILES string of the molecule is CC(C)(N)C(NC(=O)c1ccc(C#CC#Cc2ccc(CN3CCCCC3)cc2)cc1O)C(=O)NO. The molecule has 0 bridgehead atoms. The number of phenolic OH excluding ortho intramolecular Hbond substituents is 1. The van der Waals surface area contributed by atoms with Crippen LogP contribution in [-0.2, 0) is 11.3 Å². The number of hydrogen-bond donors (Lipinski definition) is 5. The van der Waals surface area contributed by atoms with E-state index < -0.39 is 23.4 Å². The molecule has 0 saturated carbocycles. The fourth-order valence-corrected chi connectivity index (χ4v) is 3.94. The number of nitrogens with zero attached hydrogens (tertiary/aromatic N) is 1. The third-order valence-corrected chi connectivity index (χ3v) is 5.92. The van der Waals surface area contributed by atoms with E-state index in [0.29, 0.717) is 5.56 Å². The molecule has 188 valence electrons. The summed E-state index contributed by atoms with van der Waals surface area (Å²) in [5.41, 5.74) is 8.79. The van der Waals surface area contributed by atoms with Gasteiger partial charge in [0.25, 0.3) is 11.8 Å². The smallest absolute Gasteiger partial charge is 0.267 e. The number of carbonyl (C=O) groups excluding carboxylic acids is 2. The van der Waals surface area contributed by atoms with Crippen molar-refractivity contribution in [1.82, 2.24) is 15.7 Å². The van der Waals surface area contributed by atoms with E-state index in [-0.39, 0.29) is 11.3 Å². The molecule has 1 heterocycles. The molecule has 1 aliphatic rings. The second kappa shape index (κ2) is 12.2. The molecule has 3 rings (SSSR count). The van der Waals surface area contributed by atoms with E-state index in [0.717, 1.165) is 25.2 Å². The minimum Gasteiger partial charge on any atom is -0.507 e. The number of aromatic hydroxyl groups is 1. The molecule has 8 nitrogen and oxygen atoms in total. The van der Waals surface area contributed by atoms with Gasteiger partial charge < -0.3 is 16.2 Å². The van der Waals surface area contributed by atoms with Gasteiger partial charge in [-0.05, 0) is 87.5 Å². The molecule has 1 aliphatic heterocycles. The van der Waals surface area contributed by atoms with E-state index in [9.17, 15) is 14.7 Å². The Kier molecular flexibility index (Phi) is 9.10. The highest BCUT2D eigenvalue weighted by molar-refractivity contribution is 6.00. The average molecular weight is 489 g/mol. The topological polar surface area (TPSA) is 128 Å². The minimum atomic E-state index is -1.22. The largest absolute Gasteiger partial charge is 0.507 e. The van der Waals surface area contributed by atoms with Crippen LogP contribution in [0.15, 0.2) is 42.5 Å². The van der Waals surface area contributed by atoms with Crippen LogP contribution in [0.3, 0.4) is 0 Å². The molecule has 0 spiro atoms. The van der Waals surface area contributed by atoms with Crippen molar-refractivity contribution in [1.29, 1.82) is 0 Å². The monoisotopic (exact) mass is 488 g/mol. The van der Waals surface area contributed by atoms with Crippen LogP contribution in [0.2, 0.25) is 0 Å². The molecule has 0 aromatic heterocycles. The zero-order valence-corrected chi connectivity index (χ0v) is 20.6. The molecule has 1 fully saturated rings. The molecule has 1 saturated heterocycles. The van der Waals surface area contributed by atoms with Gasteiger partial charge in [-0.25, -0.2) is 5.48 Å². The van der Waals surface area contributed by atoms with Crippen LogP contribution < -0.4 is 16.5 Å². The van der Waals surface area contributed by atoms with E-state index in [1.165, 1.54) is 56.3 Å². The third kappa shape index (κ3) is 7.59. The number of hydrogen-bond acceptors (Lipinski definition) is 6. The summed E-state index contributed by atoms with van der Waals surface area (Å²) in [5, 5.41) is 21.6. The highest BCUT2D eigenvalue weighted by Gasteiger charge is 2.34. The number of nitrogens with two attached hydrogens (primary N) is 1. The van der Waals surface area contributed by atoms with Gasteiger partial charge >= 0.3 is 0 Å². The number of carbonyl (C=O) groups is 2. The predicted molar refractivity (Wildman–Crippen MR) is 137 cm³/mol. The first kappa shape index (κ1) is 26.8. The molecule has 2 aromatic rings. The lowest BCUT2D eigenvalue weighted by Gasteiger charge is -2.29. The van der Waals surface area contributed by atoms with Crippen molar-refractivity contribution >= 4 is 11.8 Å². The van der Waals surface area contributed by atoms with E-state index in [1.54, 1.807) is 6.07 Å². The van der Waals surface area contributed by atoms with Crippen molar-refractivity contribution in [3.63, 3.8) is 0 Å². The van der Waals surface area contributed by atoms with Crippen LogP contribution in [0.4, 0.5) is 0 Å². The van der Waals surface area contributed by atoms with Gasteiger partial charge in [0, 0.05) is 23.2 Å². The summed E-state index contributed by atoms with van der Waals surface area (Å²) in [5.74, 6) is 9.51. The molecule has 2 aromatic carbocycles. The minimum absolute atomic E-state index is 0.0590. The summed E-state index contributed by atoms with van der Waals surface area (Å²) in [6.07, 6.45) is 3.86. The average Bonchev–Trinajstić information content (AvgIpc) is 2.85. The maximum Gasteiger partial charge on any atom is 0.267 e. The Labute approximate surface area is 211 Å². The molecule has 36 heavy (non-hydrogen) atoms. The Bertz CT molecular complexity index is 1200. The van der Waals surface area contributed by atoms with Gasteiger partial charge in [-0.3, -0.25) is 19.7 Å². The molecule has 0 aliphatic carbocycles. The van der Waals surface area contributed by atoms with Crippen LogP contribution in [-0.4, -0.2) is 51.7 Å². The highest BCUT2D eigenvalue weighted by atomic mass is 16.5. The Morgan fingerprint density at radius 2 is 1.64 bits per heavy atom. The highest BCUT2D eigenvalue weighted by Crippen LogP contribution is 2.19. The van der Waals surface area contributed by atoms with Crippen molar-refractivity contribution in [3.05, 3.63) is 64.7 Å². The Morgan fingerprint density at radius 3 is 2.22 bits per heavy atom. The fraction of sp³-hybridized carbons (Fsp3) is 0.357. The number of phenols is 1. The Morgan fingerprint density at radius 1 is 1.03 bits per heavy atom. The molecule has 6 N–H and O–H groups in total. The lowest BCUT2D eigenvalue weighted by molar-refractivity contribution is -0.132. The Hall–Kier alpha value is -3.82. The standard InChI is InChI=1S/C28H32N4O4/c1-28(2,29)25(27(35)31-36)30-26(34)23-15-14-21(18-24(23)33)9-5-4-8-20-10-12-22(13-11-20)19-32-16-6-3-7-17-32/h10-15,18,25,33,36H,3,6-7,16-17,19,29H2,1-2H3,(H,30,34)(H,31,35). The first-order valence-corrected chi connectivity index (χ1v) is 11.9. The maximum absolute atomic E-state index is 12.6. The summed E-state index contributed by atoms with van der Waals surface area (Å²) in [7, 11) is 0. The number of piperidine rings is 1. The molecule has 0 radical (unpaired) electrons. The third-order valence-electron chi connectivity index (χ3n) is 5.92. The number of rotatable bonds is 6. The van der Waals surface area contributed by atoms with Crippen molar-refractivity contribution in [3.8, 4) is 29.4 Å². The molecular weight excluding hydrogens is 456 g/mol. The summed E-state index contributed by atoms with van der Waals surface area (Å²) < 4.78 is 0. The van der Waals surface area contributed by atoms with Crippen molar-refractivity contribution in [2.75, 3.05) is 13.1 Å². The van der Waals surface area contributed by atoms with Gasteiger partial charge in [0.2, 0.25) is 0 Å². The lowest BCUT2D eigenvalue weighted by atomic mass is 9.95. The zero-order chi connectivity index (χ0) is 26.1. The van der Waals surface area contributed by atoms with Gasteiger partial charge in [0.1, 0.15) is 11.8 Å². The van der Waals surface area contributed by atoms with E-state index >= 15 is 0 Å². The van der Waals surface area contributed by atoms with Gasteiger partial charge in [0.15, 0.2) is 0 Å². The van der Waals surface area contributed by atoms with E-state index in [4.69, 9.17) is 10.9 Å². The summed E-state index contributed by atoms with van der Waals surface area (Å²) in [6, 6.07) is 11.2. The fourth-order valence-electron chi connectivity index (χ4n) is 3.94. The predicted octanol–water partition coefficient (Wildman–Crippen LogP) is 2.12. The molecule has 2 amide bonds. The van der Waals surface area contributed by atoms with Crippen LogP contribution in [0, 0.1) is 23.7 Å². The second-order valence-corrected chi connectivity index (χ2v) is 9.47. The first-order chi connectivity index (χ1) is 17.2. The Balaban J connectivity index is 1.62. The van der Waals surface area contributed by atoms with Gasteiger partial charge in [0.05, 0.1) is 5.56 Å². The van der Waals surface area contributed by atoms with Crippen LogP contribution >= 0.6 is 0 Å². The first-order valence-electron chi connectivity index (χ1n) is 11.9. The van der Waals surface area contributed by atoms with Crippen LogP contribution in [0.5, 0.6) is 5.75 Å². The number of benzene rings is 2. The van der Waals surface area contributed by atoms with Crippen molar-refractivity contribution in [2.45, 2.75) is 51.2 Å². The number of amides is 2. The normalized spacial score (nSPS) is 14.4. The van der Waals surface area contributed by atoms with Crippen molar-refractivity contribution in [2.24, 2.45) is 5.73 Å². The summed E-state index contributed by atoms with van der Waals surface area (Å²) >= 11 is 0. The quantitative estimate of drug-likeness (QED) is 0.241. The number of hydroxylamine groups is 1. The van der Waals surface area contributed by atoms with E-state index in [2.05, 4.69) is 46.0 Å². The molecule has 1 unspecified atom stereocenters. The van der Waals surface area contributed by atoms with E-state index in [1.807, 2.05) is 12.1 Å². The number of likely N-dealkylation sites (tertiary alicyclic amines) is 1. The van der Waals surface area contributed by atoms with Gasteiger partial charge in [-0.1, -0.05) is 30.4 Å². The van der Waals surface area contributed by atoms with Gasteiger partial charge in [-0.15, -0.1) is 0 Å². The zero-order valence-electron chi connectivity index (χ0n) is 20.6. The molecule has 1 atom stereocenters. The second-order valence-electron chi connectivity index (χ2n) is 9.47. The summed E-state index contributed by atoms with van der Waals surface area (Å²) in [4.78, 5) is 26.9. The summed E-state index contributed by atoms with van der Waals surface area (Å²) in [6.45, 7) is 6.33. The lowest BCUT2D eigenvalue weighted by Crippen LogP contribution is -2.61. The molecule has 8 heteroatoms. The van der Waals surface area contributed by atoms with Crippen LogP contribution in [0.1, 0.15) is 60.2 Å². The molecular formula is C28H32N4O4. The van der Waals surface area contributed by atoms with Crippen LogP contribution in [0.25, 0.3) is 0 Å². The van der Waals surface area contributed by atoms with Crippen molar-refractivity contribution < 1.29 is 19.9 Å². The van der Waals surface area contributed by atoms with Gasteiger partial charge in [-0.2, -0.15) is 0 Å².